The lowest BCUT2D eigenvalue weighted by Gasteiger charge is -2.26. The van der Waals surface area contributed by atoms with Crippen LogP contribution in [0, 0.1) is 5.92 Å². The van der Waals surface area contributed by atoms with Crippen LogP contribution in [0.5, 0.6) is 0 Å². The summed E-state index contributed by atoms with van der Waals surface area (Å²) in [5, 5.41) is 0. The van der Waals surface area contributed by atoms with Crippen LogP contribution in [-0.2, 0) is 0 Å². The second kappa shape index (κ2) is 6.47. The topological polar surface area (TPSA) is 46.3 Å². The molecule has 0 aliphatic rings. The number of hydrogen-bond acceptors (Lipinski definition) is 2. The van der Waals surface area contributed by atoms with Crippen molar-refractivity contribution in [1.29, 1.82) is 0 Å². The average Bonchev–Trinajstić information content (AvgIpc) is 2.24. The first-order valence-electron chi connectivity index (χ1n) is 6.01. The Morgan fingerprint density at radius 3 is 2.45 bits per heavy atom. The molecule has 7 heteroatoms. The molecule has 3 nitrogen and oxygen atoms in total. The fourth-order valence-electron chi connectivity index (χ4n) is 1.78. The van der Waals surface area contributed by atoms with Crippen molar-refractivity contribution in [3.05, 3.63) is 28.2 Å². The normalized spacial score (nSPS) is 11.8. The molecule has 0 heterocycles. The van der Waals surface area contributed by atoms with Gasteiger partial charge in [-0.05, 0) is 24.1 Å². The average molecular weight is 353 g/mol. The Balaban J connectivity index is 3.03. The minimum atomic E-state index is -4.44. The van der Waals surface area contributed by atoms with Crippen molar-refractivity contribution in [2.24, 2.45) is 5.92 Å². The summed E-state index contributed by atoms with van der Waals surface area (Å²) in [6.07, 6.45) is -4.44. The maximum atomic E-state index is 12.6. The van der Waals surface area contributed by atoms with E-state index in [-0.39, 0.29) is 23.7 Å². The monoisotopic (exact) mass is 352 g/mol. The van der Waals surface area contributed by atoms with Gasteiger partial charge in [-0.1, -0.05) is 29.8 Å². The third kappa shape index (κ3) is 5.03. The first-order valence-corrected chi connectivity index (χ1v) is 6.80. The van der Waals surface area contributed by atoms with Gasteiger partial charge in [-0.15, -0.1) is 0 Å². The number of hydrogen-bond donors (Lipinski definition) is 1. The SMILES string of the molecule is CC(C)CN(CC(F)(F)F)C(=O)c1ccc(Br)cc1N. The molecular formula is C13H16BrF3N2O. The molecule has 112 valence electrons. The van der Waals surface area contributed by atoms with Crippen LogP contribution in [-0.4, -0.2) is 30.1 Å². The molecule has 0 aliphatic heterocycles. The molecule has 0 unspecified atom stereocenters. The van der Waals surface area contributed by atoms with Crippen LogP contribution in [0.4, 0.5) is 18.9 Å². The number of benzene rings is 1. The van der Waals surface area contributed by atoms with E-state index in [1.54, 1.807) is 19.9 Å². The van der Waals surface area contributed by atoms with Crippen LogP contribution < -0.4 is 5.73 Å². The molecule has 0 aromatic heterocycles. The molecule has 1 rings (SSSR count). The maximum absolute atomic E-state index is 12.6. The summed E-state index contributed by atoms with van der Waals surface area (Å²) in [4.78, 5) is 13.0. The third-order valence-electron chi connectivity index (χ3n) is 2.49. The maximum Gasteiger partial charge on any atom is 0.406 e. The number of alkyl halides is 3. The Hall–Kier alpha value is -1.24. The number of nitrogens with zero attached hydrogens (tertiary/aromatic N) is 1. The zero-order valence-corrected chi connectivity index (χ0v) is 12.8. The van der Waals surface area contributed by atoms with Crippen LogP contribution in [0.3, 0.4) is 0 Å². The third-order valence-corrected chi connectivity index (χ3v) is 2.98. The molecular weight excluding hydrogens is 337 g/mol. The lowest BCUT2D eigenvalue weighted by molar-refractivity contribution is -0.141. The van der Waals surface area contributed by atoms with Gasteiger partial charge < -0.3 is 10.6 Å². The van der Waals surface area contributed by atoms with Crippen molar-refractivity contribution < 1.29 is 18.0 Å². The highest BCUT2D eigenvalue weighted by Crippen LogP contribution is 2.23. The summed E-state index contributed by atoms with van der Waals surface area (Å²) in [5.74, 6) is -0.779. The molecule has 1 amide bonds. The molecule has 1 aromatic carbocycles. The van der Waals surface area contributed by atoms with Crippen molar-refractivity contribution >= 4 is 27.5 Å². The smallest absolute Gasteiger partial charge is 0.398 e. The standard InChI is InChI=1S/C13H16BrF3N2O/c1-8(2)6-19(7-13(15,16)17)12(20)10-4-3-9(14)5-11(10)18/h3-5,8H,6-7,18H2,1-2H3. The quantitative estimate of drug-likeness (QED) is 0.840. The van der Waals surface area contributed by atoms with E-state index in [0.717, 1.165) is 4.90 Å². The first-order chi connectivity index (χ1) is 9.10. The minimum Gasteiger partial charge on any atom is -0.398 e. The summed E-state index contributed by atoms with van der Waals surface area (Å²) < 4.78 is 38.4. The Kier molecular flexibility index (Phi) is 5.44. The van der Waals surface area contributed by atoms with E-state index in [2.05, 4.69) is 15.9 Å². The molecule has 0 spiro atoms. The number of anilines is 1. The van der Waals surface area contributed by atoms with E-state index in [9.17, 15) is 18.0 Å². The lowest BCUT2D eigenvalue weighted by atomic mass is 10.1. The van der Waals surface area contributed by atoms with Gasteiger partial charge in [0.25, 0.3) is 5.91 Å². The Morgan fingerprint density at radius 1 is 1.40 bits per heavy atom. The van der Waals surface area contributed by atoms with Crippen molar-refractivity contribution in [3.63, 3.8) is 0 Å². The number of nitrogens with two attached hydrogens (primary N) is 1. The Morgan fingerprint density at radius 2 is 2.00 bits per heavy atom. The van der Waals surface area contributed by atoms with Crippen molar-refractivity contribution in [2.45, 2.75) is 20.0 Å². The van der Waals surface area contributed by atoms with Gasteiger partial charge >= 0.3 is 6.18 Å². The molecule has 0 radical (unpaired) electrons. The summed E-state index contributed by atoms with van der Waals surface area (Å²) in [7, 11) is 0. The van der Waals surface area contributed by atoms with E-state index in [1.807, 2.05) is 0 Å². The van der Waals surface area contributed by atoms with E-state index >= 15 is 0 Å². The number of rotatable bonds is 4. The zero-order chi connectivity index (χ0) is 15.5. The molecule has 0 aliphatic carbocycles. The van der Waals surface area contributed by atoms with Gasteiger partial charge in [-0.3, -0.25) is 4.79 Å². The predicted octanol–water partition coefficient (Wildman–Crippen LogP) is 3.69. The predicted molar refractivity (Wildman–Crippen MR) is 75.4 cm³/mol. The van der Waals surface area contributed by atoms with E-state index < -0.39 is 18.6 Å². The van der Waals surface area contributed by atoms with Gasteiger partial charge in [-0.2, -0.15) is 13.2 Å². The molecule has 20 heavy (non-hydrogen) atoms. The minimum absolute atomic E-state index is 0.0217. The highest BCUT2D eigenvalue weighted by atomic mass is 79.9. The largest absolute Gasteiger partial charge is 0.406 e. The Labute approximate surface area is 124 Å². The van der Waals surface area contributed by atoms with Gasteiger partial charge in [0.05, 0.1) is 5.56 Å². The number of carbonyl (C=O) groups is 1. The fraction of sp³-hybridized carbons (Fsp3) is 0.462. The molecule has 0 saturated heterocycles. The summed E-state index contributed by atoms with van der Waals surface area (Å²) >= 11 is 3.19. The summed E-state index contributed by atoms with van der Waals surface area (Å²) in [6.45, 7) is 2.25. The van der Waals surface area contributed by atoms with Crippen LogP contribution in [0.25, 0.3) is 0 Å². The van der Waals surface area contributed by atoms with Gasteiger partial charge in [0.15, 0.2) is 0 Å². The Bertz CT molecular complexity index is 489. The van der Waals surface area contributed by atoms with E-state index in [0.29, 0.717) is 4.47 Å². The van der Waals surface area contributed by atoms with Gasteiger partial charge in [0.2, 0.25) is 0 Å². The van der Waals surface area contributed by atoms with Gasteiger partial charge in [0.1, 0.15) is 6.54 Å². The van der Waals surface area contributed by atoms with Crippen molar-refractivity contribution in [2.75, 3.05) is 18.8 Å². The molecule has 0 atom stereocenters. The highest BCUT2D eigenvalue weighted by molar-refractivity contribution is 9.10. The van der Waals surface area contributed by atoms with Gasteiger partial charge in [0, 0.05) is 16.7 Å². The molecule has 2 N–H and O–H groups in total. The van der Waals surface area contributed by atoms with Crippen LogP contribution in [0.1, 0.15) is 24.2 Å². The number of halogens is 4. The highest BCUT2D eigenvalue weighted by Gasteiger charge is 2.34. The molecule has 0 saturated carbocycles. The summed E-state index contributed by atoms with van der Waals surface area (Å²) in [6, 6.07) is 4.49. The van der Waals surface area contributed by atoms with Crippen LogP contribution in [0.2, 0.25) is 0 Å². The van der Waals surface area contributed by atoms with Crippen molar-refractivity contribution in [3.8, 4) is 0 Å². The number of carbonyl (C=O) groups excluding carboxylic acids is 1. The van der Waals surface area contributed by atoms with Crippen molar-refractivity contribution in [1.82, 2.24) is 4.90 Å². The van der Waals surface area contributed by atoms with Gasteiger partial charge in [-0.25, -0.2) is 0 Å². The molecule has 0 fully saturated rings. The fourth-order valence-corrected chi connectivity index (χ4v) is 2.15. The lowest BCUT2D eigenvalue weighted by Crippen LogP contribution is -2.41. The van der Waals surface area contributed by atoms with Crippen LogP contribution in [0.15, 0.2) is 22.7 Å². The number of nitrogen functional groups attached to an aromatic ring is 1. The van der Waals surface area contributed by atoms with E-state index in [4.69, 9.17) is 5.73 Å². The first kappa shape index (κ1) is 16.8. The second-order valence-electron chi connectivity index (χ2n) is 4.93. The van der Waals surface area contributed by atoms with E-state index in [1.165, 1.54) is 12.1 Å². The molecule has 0 bridgehead atoms. The zero-order valence-electron chi connectivity index (χ0n) is 11.2. The molecule has 1 aromatic rings. The summed E-state index contributed by atoms with van der Waals surface area (Å²) in [5.41, 5.74) is 5.93. The number of amides is 1. The van der Waals surface area contributed by atoms with Crippen LogP contribution >= 0.6 is 15.9 Å². The second-order valence-corrected chi connectivity index (χ2v) is 5.84.